The smallest absolute Gasteiger partial charge is 0.317 e. The Kier molecular flexibility index (Phi) is 2.96. The molecule has 96 valence electrons. The van der Waals surface area contributed by atoms with Gasteiger partial charge in [0.15, 0.2) is 0 Å². The minimum Gasteiger partial charge on any atom is -0.374 e. The summed E-state index contributed by atoms with van der Waals surface area (Å²) in [5.74, 6) is 0. The van der Waals surface area contributed by atoms with Crippen LogP contribution in [0.2, 0.25) is 0 Å². The second-order valence-electron chi connectivity index (χ2n) is 5.44. The molecule has 17 heavy (non-hydrogen) atoms. The number of nitrogens with zero attached hydrogens (tertiary/aromatic N) is 2. The first-order chi connectivity index (χ1) is 8.22. The number of urea groups is 1. The number of nitrogens with one attached hydrogen (secondary N) is 1. The van der Waals surface area contributed by atoms with Crippen LogP contribution < -0.4 is 5.32 Å². The number of hydrogen-bond acceptors (Lipinski definition) is 3. The largest absolute Gasteiger partial charge is 0.374 e. The molecule has 0 aliphatic carbocycles. The number of hydrogen-bond donors (Lipinski definition) is 1. The number of ether oxygens (including phenoxy) is 1. The van der Waals surface area contributed by atoms with Gasteiger partial charge in [-0.2, -0.15) is 0 Å². The minimum atomic E-state index is 0.111. The topological polar surface area (TPSA) is 44.8 Å². The van der Waals surface area contributed by atoms with Crippen LogP contribution in [-0.2, 0) is 4.74 Å². The fourth-order valence-corrected chi connectivity index (χ4v) is 3.14. The summed E-state index contributed by atoms with van der Waals surface area (Å²) in [7, 11) is 0. The van der Waals surface area contributed by atoms with Gasteiger partial charge in [0.2, 0.25) is 0 Å². The van der Waals surface area contributed by atoms with Crippen LogP contribution in [0, 0.1) is 0 Å². The third kappa shape index (κ3) is 2.26. The quantitative estimate of drug-likeness (QED) is 0.752. The zero-order valence-corrected chi connectivity index (χ0v) is 10.4. The highest BCUT2D eigenvalue weighted by Gasteiger charge is 2.36. The lowest BCUT2D eigenvalue weighted by atomic mass is 10.1. The summed E-state index contributed by atoms with van der Waals surface area (Å²) < 4.78 is 5.86. The molecule has 3 rings (SSSR count). The van der Waals surface area contributed by atoms with Gasteiger partial charge in [-0.3, -0.25) is 4.90 Å². The highest BCUT2D eigenvalue weighted by Crippen LogP contribution is 2.21. The van der Waals surface area contributed by atoms with Crippen molar-refractivity contribution in [1.82, 2.24) is 15.1 Å². The Balaban J connectivity index is 1.51. The lowest BCUT2D eigenvalue weighted by Gasteiger charge is -2.37. The van der Waals surface area contributed by atoms with Gasteiger partial charge < -0.3 is 15.0 Å². The Morgan fingerprint density at radius 2 is 2.29 bits per heavy atom. The summed E-state index contributed by atoms with van der Waals surface area (Å²) in [6, 6.07) is 0.482. The fourth-order valence-electron chi connectivity index (χ4n) is 3.14. The Labute approximate surface area is 102 Å². The maximum atomic E-state index is 11.5. The lowest BCUT2D eigenvalue weighted by Crippen LogP contribution is -2.53. The van der Waals surface area contributed by atoms with E-state index in [1.54, 1.807) is 0 Å². The number of rotatable bonds is 2. The van der Waals surface area contributed by atoms with Gasteiger partial charge in [-0.1, -0.05) is 0 Å². The molecule has 0 saturated carbocycles. The number of fused-ring (bicyclic) bond motifs is 1. The standard InChI is InChI=1S/C12H21N3O2/c1-9-2-3-11(17-9)8-14-4-5-15-10(7-14)6-13-12(15)16/h9-11H,2-8H2,1H3,(H,13,16)/t9-,10-,11-/m1/s1. The molecule has 1 N–H and O–H groups in total. The van der Waals surface area contributed by atoms with Crippen LogP contribution >= 0.6 is 0 Å². The SMILES string of the molecule is C[C@@H]1CC[C@H](CN2CCN3C(=O)NC[C@@H]3C2)O1. The normalized spacial score (nSPS) is 38.3. The first-order valence-electron chi connectivity index (χ1n) is 6.64. The van der Waals surface area contributed by atoms with Crippen molar-refractivity contribution in [2.75, 3.05) is 32.7 Å². The van der Waals surface area contributed by atoms with Crippen LogP contribution in [0.5, 0.6) is 0 Å². The first-order valence-corrected chi connectivity index (χ1v) is 6.64. The Bertz CT molecular complexity index is 310. The Hall–Kier alpha value is -0.810. The molecule has 3 atom stereocenters. The average Bonchev–Trinajstić information content (AvgIpc) is 2.87. The van der Waals surface area contributed by atoms with Crippen molar-refractivity contribution in [1.29, 1.82) is 0 Å². The van der Waals surface area contributed by atoms with Gasteiger partial charge in [-0.05, 0) is 19.8 Å². The van der Waals surface area contributed by atoms with E-state index in [1.165, 1.54) is 12.8 Å². The molecular formula is C12H21N3O2. The number of piperazine rings is 1. The van der Waals surface area contributed by atoms with Crippen LogP contribution in [-0.4, -0.2) is 66.8 Å². The molecule has 0 unspecified atom stereocenters. The van der Waals surface area contributed by atoms with Gasteiger partial charge in [0.05, 0.1) is 18.2 Å². The number of amides is 2. The molecule has 2 amide bonds. The lowest BCUT2D eigenvalue weighted by molar-refractivity contribution is 0.0175. The van der Waals surface area contributed by atoms with Crippen molar-refractivity contribution in [3.05, 3.63) is 0 Å². The Morgan fingerprint density at radius 1 is 1.41 bits per heavy atom. The highest BCUT2D eigenvalue weighted by atomic mass is 16.5. The number of carbonyl (C=O) groups excluding carboxylic acids is 1. The molecule has 3 saturated heterocycles. The molecule has 0 aromatic heterocycles. The van der Waals surface area contributed by atoms with Crippen LogP contribution in [0.25, 0.3) is 0 Å². The highest BCUT2D eigenvalue weighted by molar-refractivity contribution is 5.77. The van der Waals surface area contributed by atoms with E-state index in [9.17, 15) is 4.79 Å². The third-order valence-corrected chi connectivity index (χ3v) is 4.10. The van der Waals surface area contributed by atoms with E-state index in [1.807, 2.05) is 4.90 Å². The van der Waals surface area contributed by atoms with Crippen LogP contribution in [0.3, 0.4) is 0 Å². The van der Waals surface area contributed by atoms with E-state index < -0.39 is 0 Å². The second kappa shape index (κ2) is 4.46. The van der Waals surface area contributed by atoms with Crippen molar-refractivity contribution in [2.45, 2.75) is 38.0 Å². The van der Waals surface area contributed by atoms with Gasteiger partial charge in [-0.15, -0.1) is 0 Å². The van der Waals surface area contributed by atoms with E-state index in [0.717, 1.165) is 32.7 Å². The van der Waals surface area contributed by atoms with E-state index in [0.29, 0.717) is 18.2 Å². The monoisotopic (exact) mass is 239 g/mol. The Morgan fingerprint density at radius 3 is 3.06 bits per heavy atom. The van der Waals surface area contributed by atoms with Crippen molar-refractivity contribution in [3.63, 3.8) is 0 Å². The third-order valence-electron chi connectivity index (χ3n) is 4.10. The summed E-state index contributed by atoms with van der Waals surface area (Å²) in [5.41, 5.74) is 0. The molecule has 0 spiro atoms. The predicted octanol–water partition coefficient (Wildman–Crippen LogP) is 0.263. The molecule has 3 aliphatic heterocycles. The molecule has 3 heterocycles. The van der Waals surface area contributed by atoms with E-state index in [-0.39, 0.29) is 6.03 Å². The zero-order chi connectivity index (χ0) is 11.8. The van der Waals surface area contributed by atoms with Crippen molar-refractivity contribution >= 4 is 6.03 Å². The van der Waals surface area contributed by atoms with Crippen LogP contribution in [0.15, 0.2) is 0 Å². The maximum absolute atomic E-state index is 11.5. The van der Waals surface area contributed by atoms with Crippen LogP contribution in [0.1, 0.15) is 19.8 Å². The number of carbonyl (C=O) groups is 1. The summed E-state index contributed by atoms with van der Waals surface area (Å²) in [5, 5.41) is 2.91. The van der Waals surface area contributed by atoms with Crippen molar-refractivity contribution in [2.24, 2.45) is 0 Å². The molecule has 3 aliphatic rings. The van der Waals surface area contributed by atoms with E-state index >= 15 is 0 Å². The maximum Gasteiger partial charge on any atom is 0.317 e. The van der Waals surface area contributed by atoms with Crippen molar-refractivity contribution < 1.29 is 9.53 Å². The predicted molar refractivity (Wildman–Crippen MR) is 63.9 cm³/mol. The minimum absolute atomic E-state index is 0.111. The summed E-state index contributed by atoms with van der Waals surface area (Å²) in [6.07, 6.45) is 3.20. The summed E-state index contributed by atoms with van der Waals surface area (Å²) >= 11 is 0. The summed E-state index contributed by atoms with van der Waals surface area (Å²) in [4.78, 5) is 15.9. The molecule has 0 aromatic carbocycles. The van der Waals surface area contributed by atoms with Crippen molar-refractivity contribution in [3.8, 4) is 0 Å². The molecule has 5 heteroatoms. The molecule has 0 bridgehead atoms. The van der Waals surface area contributed by atoms with Gasteiger partial charge in [0.1, 0.15) is 0 Å². The van der Waals surface area contributed by atoms with Gasteiger partial charge in [-0.25, -0.2) is 4.79 Å². The average molecular weight is 239 g/mol. The molecule has 3 fully saturated rings. The fraction of sp³-hybridized carbons (Fsp3) is 0.917. The molecule has 0 radical (unpaired) electrons. The van der Waals surface area contributed by atoms with E-state index in [4.69, 9.17) is 4.74 Å². The molecular weight excluding hydrogens is 218 g/mol. The zero-order valence-electron chi connectivity index (χ0n) is 10.4. The summed E-state index contributed by atoms with van der Waals surface area (Å²) in [6.45, 7) is 6.82. The van der Waals surface area contributed by atoms with E-state index in [2.05, 4.69) is 17.1 Å². The second-order valence-corrected chi connectivity index (χ2v) is 5.44. The van der Waals surface area contributed by atoms with Gasteiger partial charge >= 0.3 is 6.03 Å². The van der Waals surface area contributed by atoms with Gasteiger partial charge in [0, 0.05) is 32.7 Å². The molecule has 0 aromatic rings. The van der Waals surface area contributed by atoms with Gasteiger partial charge in [0.25, 0.3) is 0 Å². The molecule has 5 nitrogen and oxygen atoms in total. The first kappa shape index (κ1) is 11.3. The van der Waals surface area contributed by atoms with Crippen LogP contribution in [0.4, 0.5) is 4.79 Å².